The topological polar surface area (TPSA) is 206 Å². The second-order valence-corrected chi connectivity index (χ2v) is 9.47. The molecule has 15 heteroatoms. The fraction of sp³-hybridized carbons (Fsp3) is 0.394. The molecular weight excluding hydrogens is 666 g/mol. The van der Waals surface area contributed by atoms with E-state index in [1.807, 2.05) is 18.2 Å². The number of carbonyl (C=O) groups is 3. The number of halogens is 1. The molecule has 0 spiro atoms. The summed E-state index contributed by atoms with van der Waals surface area (Å²) in [5.74, 6) is -2.59. The summed E-state index contributed by atoms with van der Waals surface area (Å²) in [6.07, 6.45) is 3.50. The van der Waals surface area contributed by atoms with E-state index in [0.29, 0.717) is 11.1 Å². The summed E-state index contributed by atoms with van der Waals surface area (Å²) < 4.78 is 31.6. The molecule has 0 saturated carbocycles. The summed E-state index contributed by atoms with van der Waals surface area (Å²) in [5, 5.41) is 24.2. The summed E-state index contributed by atoms with van der Waals surface area (Å²) >= 11 is 0. The van der Waals surface area contributed by atoms with Crippen molar-refractivity contribution in [3.63, 3.8) is 0 Å². The van der Waals surface area contributed by atoms with Crippen LogP contribution >= 0.6 is 12.4 Å². The Morgan fingerprint density at radius 1 is 0.562 bits per heavy atom. The number of pyridine rings is 1. The van der Waals surface area contributed by atoms with Crippen molar-refractivity contribution >= 4 is 40.7 Å². The number of carboxylic acid groups (broad SMARTS) is 3. The zero-order chi connectivity index (χ0) is 37.1. The number of hydrogen-bond acceptors (Lipinski definition) is 8. The van der Waals surface area contributed by atoms with Crippen molar-refractivity contribution in [3.05, 3.63) is 102 Å². The predicted molar refractivity (Wildman–Crippen MR) is 193 cm³/mol. The molecule has 0 amide bonds. The van der Waals surface area contributed by atoms with Gasteiger partial charge in [0.15, 0.2) is 0 Å². The highest BCUT2D eigenvalue weighted by molar-refractivity contribution is 7.79. The van der Waals surface area contributed by atoms with E-state index >= 15 is 0 Å². The quantitative estimate of drug-likeness (QED) is 0.160. The Balaban J connectivity index is -0.000000152. The van der Waals surface area contributed by atoms with Crippen molar-refractivity contribution in [2.75, 3.05) is 39.3 Å². The third-order valence-corrected chi connectivity index (χ3v) is 5.29. The smallest absolute Gasteiger partial charge is 0.394 e. The number of aromatic nitrogens is 1. The minimum atomic E-state index is -4.67. The maximum atomic E-state index is 10.2. The fourth-order valence-electron chi connectivity index (χ4n) is 2.82. The first-order valence-corrected chi connectivity index (χ1v) is 16.2. The first kappa shape index (κ1) is 53.6. The lowest BCUT2D eigenvalue weighted by Gasteiger charge is -2.13. The van der Waals surface area contributed by atoms with Gasteiger partial charge in [-0.2, -0.15) is 8.42 Å². The Morgan fingerprint density at radius 2 is 0.771 bits per heavy atom. The van der Waals surface area contributed by atoms with E-state index in [0.717, 1.165) is 6.92 Å². The van der Waals surface area contributed by atoms with Gasteiger partial charge in [-0.15, -0.1) is 12.4 Å². The minimum absolute atomic E-state index is 0. The average molecular weight is 720 g/mol. The Labute approximate surface area is 292 Å². The normalized spacial score (nSPS) is 9.06. The lowest BCUT2D eigenvalue weighted by molar-refractivity contribution is -0.134. The van der Waals surface area contributed by atoms with Crippen LogP contribution in [0.15, 0.2) is 91.3 Å². The Morgan fingerprint density at radius 3 is 0.854 bits per heavy atom. The third kappa shape index (κ3) is 49.0. The molecule has 5 N–H and O–H groups in total. The van der Waals surface area contributed by atoms with Gasteiger partial charge in [0, 0.05) is 19.3 Å². The highest BCUT2D eigenvalue weighted by Gasteiger charge is 1.97. The maximum Gasteiger partial charge on any atom is 0.394 e. The van der Waals surface area contributed by atoms with Crippen LogP contribution in [0, 0.1) is 0 Å². The van der Waals surface area contributed by atoms with Crippen LogP contribution in [0.4, 0.5) is 0 Å². The molecule has 13 nitrogen and oxygen atoms in total. The van der Waals surface area contributed by atoms with Crippen molar-refractivity contribution in [1.29, 1.82) is 0 Å². The van der Waals surface area contributed by atoms with E-state index in [1.165, 1.54) is 39.3 Å². The summed E-state index contributed by atoms with van der Waals surface area (Å²) in [6, 6.07) is 22.3. The van der Waals surface area contributed by atoms with E-state index in [1.54, 1.807) is 73.1 Å². The Hall–Kier alpha value is -3.92. The molecule has 0 aliphatic rings. The molecular formula is C33H54ClN3O10S. The summed E-state index contributed by atoms with van der Waals surface area (Å²) in [6.45, 7) is 21.3. The number of rotatable bonds is 8. The van der Waals surface area contributed by atoms with Gasteiger partial charge < -0.3 is 25.1 Å². The maximum absolute atomic E-state index is 10.2. The molecule has 274 valence electrons. The van der Waals surface area contributed by atoms with E-state index < -0.39 is 28.3 Å². The van der Waals surface area contributed by atoms with Crippen molar-refractivity contribution < 1.29 is 47.2 Å². The molecule has 0 fully saturated rings. The van der Waals surface area contributed by atoms with Gasteiger partial charge in [-0.1, -0.05) is 84.0 Å². The number of carboxylic acids is 3. The van der Waals surface area contributed by atoms with Gasteiger partial charge in [0.05, 0.1) is 11.1 Å². The molecule has 3 rings (SSSR count). The highest BCUT2D eigenvalue weighted by Crippen LogP contribution is 1.97. The Kier molecular flexibility index (Phi) is 41.9. The van der Waals surface area contributed by atoms with Crippen LogP contribution < -0.4 is 0 Å². The lowest BCUT2D eigenvalue weighted by Crippen LogP contribution is -2.21. The van der Waals surface area contributed by atoms with Gasteiger partial charge in [-0.25, -0.2) is 9.59 Å². The Bertz CT molecular complexity index is 1120. The van der Waals surface area contributed by atoms with Gasteiger partial charge in [-0.05, 0) is 75.7 Å². The molecule has 0 bridgehead atoms. The largest absolute Gasteiger partial charge is 0.481 e. The number of aliphatic carboxylic acids is 1. The van der Waals surface area contributed by atoms with Crippen molar-refractivity contribution in [1.82, 2.24) is 14.8 Å². The van der Waals surface area contributed by atoms with Gasteiger partial charge in [0.2, 0.25) is 0 Å². The number of hydrogen-bond donors (Lipinski definition) is 5. The van der Waals surface area contributed by atoms with E-state index in [9.17, 15) is 9.59 Å². The first-order chi connectivity index (χ1) is 22.0. The van der Waals surface area contributed by atoms with Crippen LogP contribution in [0.5, 0.6) is 0 Å². The minimum Gasteiger partial charge on any atom is -0.481 e. The third-order valence-electron chi connectivity index (χ3n) is 5.29. The van der Waals surface area contributed by atoms with Gasteiger partial charge in [0.1, 0.15) is 0 Å². The molecule has 2 aromatic carbocycles. The molecule has 0 saturated heterocycles. The zero-order valence-corrected chi connectivity index (χ0v) is 30.5. The van der Waals surface area contributed by atoms with Crippen LogP contribution in [-0.4, -0.2) is 105 Å². The molecule has 1 aromatic heterocycles. The number of benzene rings is 2. The molecule has 0 aliphatic carbocycles. The average Bonchev–Trinajstić information content (AvgIpc) is 3.05. The monoisotopic (exact) mass is 719 g/mol. The molecule has 0 unspecified atom stereocenters. The second-order valence-electron chi connectivity index (χ2n) is 8.57. The number of nitrogens with zero attached hydrogens (tertiary/aromatic N) is 3. The SMILES string of the molecule is CC(=O)O.CCN(CC)CC.CCN(CC)CC.Cl.O=C(O)c1ccccc1.O=C(O)c1ccccc1.O=S(=O)(O)O.c1ccncc1. The molecule has 0 atom stereocenters. The standard InChI is InChI=1S/2C7H6O2.2C6H15N.C5H5N.C2H4O2.ClH.H2O4S/c2*8-7(9)6-4-2-1-3-5-6;2*1-4-7(5-2)6-3;1-2-4-6-5-3-1;1-2(3)4;;1-5(2,3)4/h2*1-5H,(H,8,9);2*4-6H2,1-3H3;1-5H;1H3,(H,3,4);1H;(H2,1,2,3,4). The summed E-state index contributed by atoms with van der Waals surface area (Å²) in [7, 11) is -4.67. The van der Waals surface area contributed by atoms with E-state index in [2.05, 4.69) is 56.3 Å². The molecule has 3 aromatic rings. The van der Waals surface area contributed by atoms with Gasteiger partial charge >= 0.3 is 22.3 Å². The van der Waals surface area contributed by atoms with Crippen molar-refractivity contribution in [2.45, 2.75) is 48.5 Å². The van der Waals surface area contributed by atoms with E-state index in [-0.39, 0.29) is 12.4 Å². The van der Waals surface area contributed by atoms with Crippen LogP contribution in [0.1, 0.15) is 69.2 Å². The fourth-order valence-corrected chi connectivity index (χ4v) is 2.82. The predicted octanol–water partition coefficient (Wildman–Crippen LogP) is 6.41. The first-order valence-electron chi connectivity index (χ1n) is 14.8. The molecule has 0 radical (unpaired) electrons. The van der Waals surface area contributed by atoms with Crippen LogP contribution in [0.2, 0.25) is 0 Å². The van der Waals surface area contributed by atoms with E-state index in [4.69, 9.17) is 37.6 Å². The zero-order valence-electron chi connectivity index (χ0n) is 28.8. The molecule has 0 aliphatic heterocycles. The van der Waals surface area contributed by atoms with Crippen LogP contribution in [0.3, 0.4) is 0 Å². The number of aromatic carboxylic acids is 2. The van der Waals surface area contributed by atoms with Crippen molar-refractivity contribution in [3.8, 4) is 0 Å². The van der Waals surface area contributed by atoms with Crippen molar-refractivity contribution in [2.24, 2.45) is 0 Å². The summed E-state index contributed by atoms with van der Waals surface area (Å²) in [4.78, 5) is 37.9. The van der Waals surface area contributed by atoms with Gasteiger partial charge in [0.25, 0.3) is 5.97 Å². The second kappa shape index (κ2) is 37.5. The van der Waals surface area contributed by atoms with Crippen LogP contribution in [0.25, 0.3) is 0 Å². The summed E-state index contributed by atoms with van der Waals surface area (Å²) in [5.41, 5.74) is 0.662. The van der Waals surface area contributed by atoms with Gasteiger partial charge in [-0.3, -0.25) is 18.9 Å². The van der Waals surface area contributed by atoms with Crippen LogP contribution in [-0.2, 0) is 15.2 Å². The molecule has 48 heavy (non-hydrogen) atoms. The lowest BCUT2D eigenvalue weighted by atomic mass is 10.2. The highest BCUT2D eigenvalue weighted by atomic mass is 35.5. The molecule has 1 heterocycles.